The minimum atomic E-state index is 0.197. The largest absolute Gasteiger partial charge is 0.339 e. The van der Waals surface area contributed by atoms with E-state index in [1.54, 1.807) is 0 Å². The second-order valence-corrected chi connectivity index (χ2v) is 7.72. The molecule has 24 heavy (non-hydrogen) atoms. The third kappa shape index (κ3) is 3.41. The lowest BCUT2D eigenvalue weighted by Gasteiger charge is -2.26. The zero-order valence-corrected chi connectivity index (χ0v) is 14.4. The van der Waals surface area contributed by atoms with Crippen LogP contribution in [0.25, 0.3) is 0 Å². The fraction of sp³-hybridized carbons (Fsp3) is 0.571. The Balaban J connectivity index is 1.26. The first-order valence-electron chi connectivity index (χ1n) is 9.57. The molecule has 1 saturated heterocycles. The predicted octanol–water partition coefficient (Wildman–Crippen LogP) is 3.61. The highest BCUT2D eigenvalue weighted by molar-refractivity contribution is 5.94. The third-order valence-corrected chi connectivity index (χ3v) is 6.00. The number of fused-ring (bicyclic) bond motifs is 2. The molecular formula is C21H28N2O. The Labute approximate surface area is 145 Å². The molecule has 0 aromatic heterocycles. The van der Waals surface area contributed by atoms with Crippen molar-refractivity contribution in [2.75, 3.05) is 19.6 Å². The molecule has 1 saturated carbocycles. The topological polar surface area (TPSA) is 32.3 Å². The van der Waals surface area contributed by atoms with Crippen molar-refractivity contribution in [3.63, 3.8) is 0 Å². The van der Waals surface area contributed by atoms with Gasteiger partial charge in [-0.25, -0.2) is 0 Å². The van der Waals surface area contributed by atoms with Crippen LogP contribution in [0, 0.1) is 17.8 Å². The summed E-state index contributed by atoms with van der Waals surface area (Å²) in [5.74, 6) is 2.68. The van der Waals surface area contributed by atoms with E-state index in [-0.39, 0.29) is 5.91 Å². The Bertz CT molecular complexity index is 601. The van der Waals surface area contributed by atoms with Gasteiger partial charge in [-0.15, -0.1) is 0 Å². The van der Waals surface area contributed by atoms with Crippen LogP contribution in [0.3, 0.4) is 0 Å². The highest BCUT2D eigenvalue weighted by Gasteiger charge is 2.34. The van der Waals surface area contributed by atoms with Crippen molar-refractivity contribution in [1.29, 1.82) is 0 Å². The minimum absolute atomic E-state index is 0.197. The average Bonchev–Trinajstić information content (AvgIpc) is 3.26. The summed E-state index contributed by atoms with van der Waals surface area (Å²) in [6.07, 6.45) is 11.1. The van der Waals surface area contributed by atoms with Crippen LogP contribution in [0.2, 0.25) is 0 Å². The fourth-order valence-corrected chi connectivity index (χ4v) is 4.58. The molecule has 1 aromatic carbocycles. The Morgan fingerprint density at radius 3 is 2.50 bits per heavy atom. The van der Waals surface area contributed by atoms with Gasteiger partial charge in [0, 0.05) is 25.2 Å². The number of amides is 1. The van der Waals surface area contributed by atoms with Gasteiger partial charge in [0.2, 0.25) is 0 Å². The van der Waals surface area contributed by atoms with Crippen molar-refractivity contribution in [2.24, 2.45) is 17.8 Å². The van der Waals surface area contributed by atoms with Gasteiger partial charge in [-0.3, -0.25) is 4.79 Å². The highest BCUT2D eigenvalue weighted by Crippen LogP contribution is 2.42. The molecule has 0 radical (unpaired) electrons. The Hall–Kier alpha value is -1.61. The van der Waals surface area contributed by atoms with Crippen LogP contribution in [-0.2, 0) is 6.54 Å². The van der Waals surface area contributed by atoms with Gasteiger partial charge in [0.15, 0.2) is 0 Å². The van der Waals surface area contributed by atoms with Gasteiger partial charge >= 0.3 is 0 Å². The van der Waals surface area contributed by atoms with Gasteiger partial charge < -0.3 is 10.2 Å². The molecule has 4 rings (SSSR count). The van der Waals surface area contributed by atoms with Crippen LogP contribution < -0.4 is 5.32 Å². The first-order valence-corrected chi connectivity index (χ1v) is 9.57. The quantitative estimate of drug-likeness (QED) is 0.839. The monoisotopic (exact) mass is 324 g/mol. The first kappa shape index (κ1) is 15.9. The van der Waals surface area contributed by atoms with Gasteiger partial charge in [0.05, 0.1) is 0 Å². The Kier molecular flexibility index (Phi) is 4.70. The molecule has 2 aliphatic carbocycles. The predicted molar refractivity (Wildman–Crippen MR) is 96.7 cm³/mol. The second-order valence-electron chi connectivity index (χ2n) is 7.72. The van der Waals surface area contributed by atoms with E-state index in [0.29, 0.717) is 0 Å². The van der Waals surface area contributed by atoms with Crippen molar-refractivity contribution >= 4 is 5.91 Å². The minimum Gasteiger partial charge on any atom is -0.339 e. The molecule has 3 heteroatoms. The van der Waals surface area contributed by atoms with Crippen molar-refractivity contribution in [2.45, 2.75) is 38.6 Å². The molecule has 1 heterocycles. The number of hydrogen-bond acceptors (Lipinski definition) is 2. The molecular weight excluding hydrogens is 296 g/mol. The van der Waals surface area contributed by atoms with E-state index in [2.05, 4.69) is 29.6 Å². The maximum Gasteiger partial charge on any atom is 0.253 e. The number of carbonyl (C=O) groups excluding carboxylic acids is 1. The van der Waals surface area contributed by atoms with Gasteiger partial charge in [0.25, 0.3) is 5.91 Å². The Morgan fingerprint density at radius 2 is 1.83 bits per heavy atom. The SMILES string of the molecule is O=C(c1ccc(CNCC2CC3C=CC2C3)cc1)N1CCCCC1. The van der Waals surface area contributed by atoms with Gasteiger partial charge in [-0.1, -0.05) is 24.3 Å². The number of allylic oxidation sites excluding steroid dienone is 2. The van der Waals surface area contributed by atoms with Crippen LogP contribution in [0.1, 0.15) is 48.0 Å². The van der Waals surface area contributed by atoms with E-state index in [1.165, 1.54) is 24.8 Å². The number of benzene rings is 1. The van der Waals surface area contributed by atoms with Crippen molar-refractivity contribution in [1.82, 2.24) is 10.2 Å². The average molecular weight is 324 g/mol. The lowest BCUT2D eigenvalue weighted by molar-refractivity contribution is 0.0724. The normalized spacial score (nSPS) is 28.5. The molecule has 1 aliphatic heterocycles. The first-order chi connectivity index (χ1) is 11.8. The molecule has 2 fully saturated rings. The summed E-state index contributed by atoms with van der Waals surface area (Å²) in [5.41, 5.74) is 2.10. The molecule has 128 valence electrons. The standard InChI is InChI=1S/C21H28N2O/c24-21(23-10-2-1-3-11-23)18-7-4-16(5-8-18)14-22-15-20-13-17-6-9-19(20)12-17/h4-9,17,19-20,22H,1-3,10-15H2. The molecule has 3 atom stereocenters. The molecule has 3 aliphatic rings. The molecule has 1 aromatic rings. The molecule has 2 bridgehead atoms. The van der Waals surface area contributed by atoms with E-state index < -0.39 is 0 Å². The zero-order valence-electron chi connectivity index (χ0n) is 14.4. The lowest BCUT2D eigenvalue weighted by Crippen LogP contribution is -2.35. The van der Waals surface area contributed by atoms with Gasteiger partial charge in [0.1, 0.15) is 0 Å². The van der Waals surface area contributed by atoms with Crippen LogP contribution >= 0.6 is 0 Å². The van der Waals surface area contributed by atoms with E-state index in [9.17, 15) is 4.79 Å². The number of nitrogens with zero attached hydrogens (tertiary/aromatic N) is 1. The van der Waals surface area contributed by atoms with E-state index in [1.807, 2.05) is 17.0 Å². The number of likely N-dealkylation sites (tertiary alicyclic amines) is 1. The van der Waals surface area contributed by atoms with E-state index >= 15 is 0 Å². The van der Waals surface area contributed by atoms with E-state index in [4.69, 9.17) is 0 Å². The number of hydrogen-bond donors (Lipinski definition) is 1. The number of carbonyl (C=O) groups is 1. The van der Waals surface area contributed by atoms with Crippen LogP contribution in [-0.4, -0.2) is 30.4 Å². The summed E-state index contributed by atoms with van der Waals surface area (Å²) in [5, 5.41) is 3.61. The second kappa shape index (κ2) is 7.10. The van der Waals surface area contributed by atoms with Crippen molar-refractivity contribution < 1.29 is 4.79 Å². The smallest absolute Gasteiger partial charge is 0.253 e. The summed E-state index contributed by atoms with van der Waals surface area (Å²) >= 11 is 0. The summed E-state index contributed by atoms with van der Waals surface area (Å²) in [6.45, 7) is 3.84. The number of nitrogens with one attached hydrogen (secondary N) is 1. The lowest BCUT2D eigenvalue weighted by atomic mass is 9.93. The van der Waals surface area contributed by atoms with E-state index in [0.717, 1.165) is 62.3 Å². The molecule has 1 amide bonds. The summed E-state index contributed by atoms with van der Waals surface area (Å²) in [4.78, 5) is 14.5. The molecule has 3 nitrogen and oxygen atoms in total. The number of rotatable bonds is 5. The van der Waals surface area contributed by atoms with Gasteiger partial charge in [-0.2, -0.15) is 0 Å². The summed E-state index contributed by atoms with van der Waals surface area (Å²) in [7, 11) is 0. The third-order valence-electron chi connectivity index (χ3n) is 6.00. The highest BCUT2D eigenvalue weighted by atomic mass is 16.2. The maximum absolute atomic E-state index is 12.5. The van der Waals surface area contributed by atoms with Crippen molar-refractivity contribution in [3.05, 3.63) is 47.5 Å². The summed E-state index contributed by atoms with van der Waals surface area (Å²) in [6, 6.07) is 8.19. The Morgan fingerprint density at radius 1 is 1.04 bits per heavy atom. The zero-order chi connectivity index (χ0) is 16.4. The maximum atomic E-state index is 12.5. The molecule has 1 N–H and O–H groups in total. The van der Waals surface area contributed by atoms with Crippen molar-refractivity contribution in [3.8, 4) is 0 Å². The number of piperidine rings is 1. The molecule has 0 spiro atoms. The van der Waals surface area contributed by atoms with Crippen LogP contribution in [0.15, 0.2) is 36.4 Å². The molecule has 3 unspecified atom stereocenters. The summed E-state index contributed by atoms with van der Waals surface area (Å²) < 4.78 is 0. The van der Waals surface area contributed by atoms with Gasteiger partial charge in [-0.05, 0) is 74.1 Å². The fourth-order valence-electron chi connectivity index (χ4n) is 4.58. The van der Waals surface area contributed by atoms with Crippen LogP contribution in [0.4, 0.5) is 0 Å². The van der Waals surface area contributed by atoms with Crippen LogP contribution in [0.5, 0.6) is 0 Å².